The first kappa shape index (κ1) is 15.9. The molecular formula is C20H18ClN3O2. The number of aromatic nitrogens is 2. The summed E-state index contributed by atoms with van der Waals surface area (Å²) in [6, 6.07) is 14.0. The van der Waals surface area contributed by atoms with Crippen molar-refractivity contribution in [2.75, 3.05) is 13.2 Å². The van der Waals surface area contributed by atoms with Gasteiger partial charge in [-0.2, -0.15) is 0 Å². The maximum atomic E-state index is 6.33. The number of fused-ring (bicyclic) bond motifs is 1. The average molecular weight is 368 g/mol. The molecule has 3 heterocycles. The lowest BCUT2D eigenvalue weighted by Crippen LogP contribution is -2.36. The van der Waals surface area contributed by atoms with Gasteiger partial charge in [0.25, 0.3) is 0 Å². The Bertz CT molecular complexity index is 1010. The molecule has 1 saturated heterocycles. The Morgan fingerprint density at radius 3 is 2.77 bits per heavy atom. The van der Waals surface area contributed by atoms with Crippen LogP contribution >= 0.6 is 11.6 Å². The fraction of sp³-hybridized carbons (Fsp3) is 0.250. The third kappa shape index (κ3) is 2.69. The molecule has 3 aromatic rings. The Balaban J connectivity index is 1.51. The molecule has 1 spiro atoms. The lowest BCUT2D eigenvalue weighted by atomic mass is 9.94. The van der Waals surface area contributed by atoms with Crippen LogP contribution in [0.1, 0.15) is 18.7 Å². The number of nitrogens with zero attached hydrogens (tertiary/aromatic N) is 1. The smallest absolute Gasteiger partial charge is 0.156 e. The maximum Gasteiger partial charge on any atom is 0.156 e. The lowest BCUT2D eigenvalue weighted by Gasteiger charge is -2.29. The molecule has 0 unspecified atom stereocenters. The van der Waals surface area contributed by atoms with Crippen LogP contribution in [0, 0.1) is 0 Å². The summed E-state index contributed by atoms with van der Waals surface area (Å²) < 4.78 is 5.44. The topological polar surface area (TPSA) is 59.2 Å². The molecule has 0 radical (unpaired) electrons. The van der Waals surface area contributed by atoms with Crippen LogP contribution in [0.2, 0.25) is 5.02 Å². The molecule has 0 saturated carbocycles. The van der Waals surface area contributed by atoms with Crippen LogP contribution in [0.5, 0.6) is 0 Å². The van der Waals surface area contributed by atoms with Crippen LogP contribution in [0.25, 0.3) is 27.9 Å². The quantitative estimate of drug-likeness (QED) is 0.708. The number of hydrogen-bond donors (Lipinski definition) is 2. The number of hydrogen-bond acceptors (Lipinski definition) is 4. The van der Waals surface area contributed by atoms with Crippen molar-refractivity contribution in [3.05, 3.63) is 59.4 Å². The van der Waals surface area contributed by atoms with Gasteiger partial charge in [0, 0.05) is 36.6 Å². The first-order chi connectivity index (χ1) is 12.7. The molecule has 2 N–H and O–H groups in total. The maximum absolute atomic E-state index is 6.33. The summed E-state index contributed by atoms with van der Waals surface area (Å²) in [5.74, 6) is 0.777. The van der Waals surface area contributed by atoms with E-state index in [0.717, 1.165) is 51.5 Å². The second kappa shape index (κ2) is 6.13. The van der Waals surface area contributed by atoms with Gasteiger partial charge in [0.1, 0.15) is 11.3 Å². The molecule has 132 valence electrons. The minimum Gasteiger partial charge on any atom is -0.381 e. The number of H-pyrrole nitrogens is 1. The Kier molecular flexibility index (Phi) is 3.74. The molecule has 2 aliphatic heterocycles. The number of ether oxygens (including phenoxy) is 1. The second-order valence-electron chi connectivity index (χ2n) is 6.74. The van der Waals surface area contributed by atoms with Crippen molar-refractivity contribution in [1.29, 1.82) is 0 Å². The number of nitrogens with one attached hydrogen (secondary N) is 2. The molecular weight excluding hydrogens is 350 g/mol. The van der Waals surface area contributed by atoms with Gasteiger partial charge in [-0.3, -0.25) is 10.3 Å². The van der Waals surface area contributed by atoms with Gasteiger partial charge in [0.2, 0.25) is 0 Å². The largest absolute Gasteiger partial charge is 0.381 e. The van der Waals surface area contributed by atoms with E-state index in [4.69, 9.17) is 26.2 Å². The molecule has 2 aliphatic rings. The van der Waals surface area contributed by atoms with E-state index in [1.165, 1.54) is 0 Å². The summed E-state index contributed by atoms with van der Waals surface area (Å²) >= 11 is 6.33. The summed E-state index contributed by atoms with van der Waals surface area (Å²) in [6.07, 6.45) is 3.82. The third-order valence-electron chi connectivity index (χ3n) is 5.03. The van der Waals surface area contributed by atoms with E-state index in [-0.39, 0.29) is 5.60 Å². The zero-order valence-corrected chi connectivity index (χ0v) is 14.8. The van der Waals surface area contributed by atoms with Gasteiger partial charge in [-0.25, -0.2) is 4.98 Å². The van der Waals surface area contributed by atoms with Crippen LogP contribution in [0.4, 0.5) is 0 Å². The van der Waals surface area contributed by atoms with Gasteiger partial charge in [-0.05, 0) is 29.8 Å². The van der Waals surface area contributed by atoms with Crippen molar-refractivity contribution in [1.82, 2.24) is 15.4 Å². The molecule has 0 amide bonds. The number of hydroxylamine groups is 1. The van der Waals surface area contributed by atoms with Gasteiger partial charge in [-0.1, -0.05) is 35.9 Å². The zero-order chi connectivity index (χ0) is 17.6. The molecule has 1 aromatic heterocycles. The number of imidazole rings is 1. The summed E-state index contributed by atoms with van der Waals surface area (Å²) in [5, 5.41) is 0.738. The molecule has 26 heavy (non-hydrogen) atoms. The molecule has 0 atom stereocenters. The van der Waals surface area contributed by atoms with E-state index < -0.39 is 0 Å². The van der Waals surface area contributed by atoms with Gasteiger partial charge in [0.05, 0.1) is 11.0 Å². The number of halogens is 1. The molecule has 0 aliphatic carbocycles. The second-order valence-corrected chi connectivity index (χ2v) is 7.14. The fourth-order valence-electron chi connectivity index (χ4n) is 3.56. The Labute approximate surface area is 155 Å². The minimum absolute atomic E-state index is 0.282. The molecule has 5 rings (SSSR count). The Morgan fingerprint density at radius 2 is 1.92 bits per heavy atom. The van der Waals surface area contributed by atoms with Crippen molar-refractivity contribution in [2.45, 2.75) is 18.4 Å². The van der Waals surface area contributed by atoms with Crippen molar-refractivity contribution >= 4 is 28.3 Å². The Morgan fingerprint density at radius 1 is 1.08 bits per heavy atom. The van der Waals surface area contributed by atoms with Gasteiger partial charge in [-0.15, -0.1) is 0 Å². The molecule has 2 aromatic carbocycles. The van der Waals surface area contributed by atoms with Crippen LogP contribution in [0.15, 0.2) is 48.5 Å². The molecule has 1 fully saturated rings. The molecule has 6 heteroatoms. The van der Waals surface area contributed by atoms with Crippen molar-refractivity contribution < 1.29 is 9.57 Å². The van der Waals surface area contributed by atoms with E-state index in [0.29, 0.717) is 13.2 Å². The SMILES string of the molecule is Clc1ccccc1-c1ccc2nc(C3=CC4(CCOCC4)ON3)[nH]c2c1. The number of rotatable bonds is 2. The zero-order valence-electron chi connectivity index (χ0n) is 14.1. The van der Waals surface area contributed by atoms with E-state index in [2.05, 4.69) is 22.6 Å². The van der Waals surface area contributed by atoms with Crippen LogP contribution in [0.3, 0.4) is 0 Å². The summed E-state index contributed by atoms with van der Waals surface area (Å²) in [5.41, 5.74) is 7.58. The minimum atomic E-state index is -0.282. The Hall–Kier alpha value is -2.34. The number of aromatic amines is 1. The van der Waals surface area contributed by atoms with Crippen LogP contribution in [-0.4, -0.2) is 28.8 Å². The van der Waals surface area contributed by atoms with Crippen molar-refractivity contribution in [3.63, 3.8) is 0 Å². The monoisotopic (exact) mass is 367 g/mol. The number of benzene rings is 2. The highest BCUT2D eigenvalue weighted by molar-refractivity contribution is 6.33. The third-order valence-corrected chi connectivity index (χ3v) is 5.36. The van der Waals surface area contributed by atoms with E-state index in [9.17, 15) is 0 Å². The highest BCUT2D eigenvalue weighted by atomic mass is 35.5. The van der Waals surface area contributed by atoms with Crippen molar-refractivity contribution in [2.24, 2.45) is 0 Å². The van der Waals surface area contributed by atoms with Crippen LogP contribution < -0.4 is 5.48 Å². The normalized spacial score (nSPS) is 18.9. The highest BCUT2D eigenvalue weighted by Gasteiger charge is 2.37. The van der Waals surface area contributed by atoms with Crippen LogP contribution in [-0.2, 0) is 9.57 Å². The standard InChI is InChI=1S/C20H18ClN3O2/c21-15-4-2-1-3-14(15)13-5-6-16-17(11-13)23-19(22-16)18-12-20(26-24-18)7-9-25-10-8-20/h1-6,11-12,24H,7-10H2,(H,22,23). The first-order valence-electron chi connectivity index (χ1n) is 8.72. The van der Waals surface area contributed by atoms with Gasteiger partial charge < -0.3 is 9.72 Å². The lowest BCUT2D eigenvalue weighted by molar-refractivity contribution is -0.0956. The summed E-state index contributed by atoms with van der Waals surface area (Å²) in [6.45, 7) is 1.43. The molecule has 0 bridgehead atoms. The van der Waals surface area contributed by atoms with Gasteiger partial charge >= 0.3 is 0 Å². The first-order valence-corrected chi connectivity index (χ1v) is 9.10. The van der Waals surface area contributed by atoms with E-state index in [1.54, 1.807) is 0 Å². The van der Waals surface area contributed by atoms with E-state index in [1.807, 2.05) is 36.4 Å². The highest BCUT2D eigenvalue weighted by Crippen LogP contribution is 2.34. The fourth-order valence-corrected chi connectivity index (χ4v) is 3.80. The summed E-state index contributed by atoms with van der Waals surface area (Å²) in [7, 11) is 0. The predicted octanol–water partition coefficient (Wildman–Crippen LogP) is 4.31. The van der Waals surface area contributed by atoms with E-state index >= 15 is 0 Å². The predicted molar refractivity (Wildman–Crippen MR) is 102 cm³/mol. The molecule has 5 nitrogen and oxygen atoms in total. The van der Waals surface area contributed by atoms with Gasteiger partial charge in [0.15, 0.2) is 5.82 Å². The average Bonchev–Trinajstić information content (AvgIpc) is 3.26. The van der Waals surface area contributed by atoms with Crippen molar-refractivity contribution in [3.8, 4) is 11.1 Å². The summed E-state index contributed by atoms with van der Waals surface area (Å²) in [4.78, 5) is 13.9.